The van der Waals surface area contributed by atoms with E-state index in [4.69, 9.17) is 16.3 Å². The molecule has 0 spiro atoms. The summed E-state index contributed by atoms with van der Waals surface area (Å²) in [7, 11) is 0. The highest BCUT2D eigenvalue weighted by Gasteiger charge is 2.14. The molecule has 1 fully saturated rings. The summed E-state index contributed by atoms with van der Waals surface area (Å²) in [6, 6.07) is 5.30. The Morgan fingerprint density at radius 1 is 1.45 bits per heavy atom. The molecule has 1 aromatic rings. The fourth-order valence-corrected chi connectivity index (χ4v) is 2.70. The van der Waals surface area contributed by atoms with Crippen molar-refractivity contribution in [2.45, 2.75) is 18.9 Å². The van der Waals surface area contributed by atoms with Crippen LogP contribution in [-0.2, 0) is 4.74 Å². The van der Waals surface area contributed by atoms with Gasteiger partial charge in [0, 0.05) is 11.0 Å². The van der Waals surface area contributed by atoms with Gasteiger partial charge in [0.05, 0.1) is 23.3 Å². The van der Waals surface area contributed by atoms with E-state index in [-0.39, 0.29) is 5.91 Å². The number of amides is 1. The average Bonchev–Trinajstić information content (AvgIpc) is 2.47. The van der Waals surface area contributed by atoms with Gasteiger partial charge in [0.1, 0.15) is 0 Å². The predicted molar refractivity (Wildman–Crippen MR) is 83.3 cm³/mol. The quantitative estimate of drug-likeness (QED) is 0.793. The van der Waals surface area contributed by atoms with E-state index in [0.29, 0.717) is 29.8 Å². The Balaban J connectivity index is 1.73. The van der Waals surface area contributed by atoms with Crippen molar-refractivity contribution in [1.82, 2.24) is 10.6 Å². The molecule has 1 aliphatic rings. The Labute approximate surface area is 132 Å². The van der Waals surface area contributed by atoms with Gasteiger partial charge in [0.15, 0.2) is 0 Å². The molecule has 1 amide bonds. The molecule has 0 bridgehead atoms. The van der Waals surface area contributed by atoms with E-state index < -0.39 is 0 Å². The second-order valence-corrected chi connectivity index (χ2v) is 5.91. The van der Waals surface area contributed by atoms with Crippen LogP contribution in [0.3, 0.4) is 0 Å². The predicted octanol–water partition coefficient (Wildman–Crippen LogP) is 2.60. The molecular formula is C14H18BrClN2O2. The van der Waals surface area contributed by atoms with Gasteiger partial charge in [-0.25, -0.2) is 0 Å². The van der Waals surface area contributed by atoms with Crippen LogP contribution in [0.2, 0.25) is 5.02 Å². The molecule has 4 nitrogen and oxygen atoms in total. The van der Waals surface area contributed by atoms with Crippen LogP contribution in [0.5, 0.6) is 0 Å². The molecule has 1 aromatic carbocycles. The number of ether oxygens (including phenoxy) is 1. The van der Waals surface area contributed by atoms with Crippen molar-refractivity contribution in [1.29, 1.82) is 0 Å². The number of carbonyl (C=O) groups excluding carboxylic acids is 1. The number of hydrogen-bond donors (Lipinski definition) is 2. The highest BCUT2D eigenvalue weighted by Crippen LogP contribution is 2.25. The van der Waals surface area contributed by atoms with Crippen LogP contribution in [-0.4, -0.2) is 38.3 Å². The van der Waals surface area contributed by atoms with Crippen LogP contribution in [0.25, 0.3) is 0 Å². The molecule has 2 rings (SSSR count). The van der Waals surface area contributed by atoms with Gasteiger partial charge >= 0.3 is 0 Å². The van der Waals surface area contributed by atoms with E-state index >= 15 is 0 Å². The summed E-state index contributed by atoms with van der Waals surface area (Å²) >= 11 is 9.38. The first-order valence-electron chi connectivity index (χ1n) is 6.73. The third kappa shape index (κ3) is 4.45. The molecule has 20 heavy (non-hydrogen) atoms. The Morgan fingerprint density at radius 2 is 2.20 bits per heavy atom. The third-order valence-corrected chi connectivity index (χ3v) is 4.52. The van der Waals surface area contributed by atoms with Crippen LogP contribution in [0.15, 0.2) is 22.7 Å². The normalized spacial score (nSPS) is 16.1. The van der Waals surface area contributed by atoms with E-state index in [0.717, 1.165) is 30.4 Å². The number of carbonyl (C=O) groups is 1. The van der Waals surface area contributed by atoms with Crippen LogP contribution in [0.1, 0.15) is 23.2 Å². The lowest BCUT2D eigenvalue weighted by Crippen LogP contribution is -2.34. The average molecular weight is 362 g/mol. The molecule has 0 aromatic heterocycles. The van der Waals surface area contributed by atoms with E-state index in [9.17, 15) is 4.79 Å². The Bertz CT molecular complexity index is 464. The molecule has 1 saturated heterocycles. The van der Waals surface area contributed by atoms with Crippen molar-refractivity contribution in [2.75, 3.05) is 26.2 Å². The highest BCUT2D eigenvalue weighted by molar-refractivity contribution is 9.10. The first-order valence-corrected chi connectivity index (χ1v) is 7.90. The molecule has 6 heteroatoms. The van der Waals surface area contributed by atoms with Gasteiger partial charge in [-0.3, -0.25) is 4.79 Å². The summed E-state index contributed by atoms with van der Waals surface area (Å²) in [4.78, 5) is 12.0. The number of hydrogen-bond acceptors (Lipinski definition) is 3. The number of rotatable bonds is 5. The molecule has 0 radical (unpaired) electrons. The second-order valence-electron chi connectivity index (χ2n) is 4.68. The number of benzene rings is 1. The highest BCUT2D eigenvalue weighted by atomic mass is 79.9. The van der Waals surface area contributed by atoms with Gasteiger partial charge in [0.25, 0.3) is 5.91 Å². The fraction of sp³-hybridized carbons (Fsp3) is 0.500. The zero-order chi connectivity index (χ0) is 14.4. The van der Waals surface area contributed by atoms with Gasteiger partial charge in [-0.15, -0.1) is 0 Å². The Morgan fingerprint density at radius 3 is 2.95 bits per heavy atom. The molecule has 1 aliphatic heterocycles. The first kappa shape index (κ1) is 15.8. The summed E-state index contributed by atoms with van der Waals surface area (Å²) in [5, 5.41) is 6.54. The van der Waals surface area contributed by atoms with E-state index in [1.165, 1.54) is 0 Å². The lowest BCUT2D eigenvalue weighted by molar-refractivity contribution is 0.0343. The maximum Gasteiger partial charge on any atom is 0.252 e. The van der Waals surface area contributed by atoms with Crippen molar-refractivity contribution < 1.29 is 9.53 Å². The minimum absolute atomic E-state index is 0.176. The number of halogens is 2. The lowest BCUT2D eigenvalue weighted by atomic mass is 10.1. The summed E-state index contributed by atoms with van der Waals surface area (Å²) in [6.45, 7) is 3.03. The molecule has 110 valence electrons. The zero-order valence-corrected chi connectivity index (χ0v) is 13.5. The minimum atomic E-state index is -0.176. The summed E-state index contributed by atoms with van der Waals surface area (Å²) in [5.74, 6) is -0.176. The summed E-state index contributed by atoms with van der Waals surface area (Å²) in [5.41, 5.74) is 0.475. The van der Waals surface area contributed by atoms with Gasteiger partial charge in [-0.1, -0.05) is 17.7 Å². The summed E-state index contributed by atoms with van der Waals surface area (Å²) < 4.78 is 6.45. The van der Waals surface area contributed by atoms with Crippen molar-refractivity contribution in [3.63, 3.8) is 0 Å². The molecule has 0 aliphatic carbocycles. The van der Waals surface area contributed by atoms with E-state index in [1.54, 1.807) is 18.2 Å². The minimum Gasteiger partial charge on any atom is -0.376 e. The van der Waals surface area contributed by atoms with Crippen molar-refractivity contribution in [3.05, 3.63) is 33.3 Å². The molecular weight excluding hydrogens is 344 g/mol. The van der Waals surface area contributed by atoms with E-state index in [1.807, 2.05) is 0 Å². The molecule has 0 unspecified atom stereocenters. The maximum atomic E-state index is 12.0. The Kier molecular flexibility index (Phi) is 6.29. The van der Waals surface area contributed by atoms with Crippen LogP contribution >= 0.6 is 27.5 Å². The molecule has 1 heterocycles. The summed E-state index contributed by atoms with van der Waals surface area (Å²) in [6.07, 6.45) is 2.37. The third-order valence-electron chi connectivity index (χ3n) is 3.22. The van der Waals surface area contributed by atoms with Crippen LogP contribution < -0.4 is 10.6 Å². The van der Waals surface area contributed by atoms with Gasteiger partial charge in [-0.2, -0.15) is 0 Å². The molecule has 0 atom stereocenters. The largest absolute Gasteiger partial charge is 0.376 e. The SMILES string of the molecule is O=C(NCCOC1CCNCC1)c1cccc(Br)c1Cl. The van der Waals surface area contributed by atoms with Crippen molar-refractivity contribution in [2.24, 2.45) is 0 Å². The second kappa shape index (κ2) is 7.98. The van der Waals surface area contributed by atoms with E-state index in [2.05, 4.69) is 26.6 Å². The maximum absolute atomic E-state index is 12.0. The Hall–Kier alpha value is -0.620. The standard InChI is InChI=1S/C14H18BrClN2O2/c15-12-3-1-2-11(13(12)16)14(19)18-8-9-20-10-4-6-17-7-5-10/h1-3,10,17H,4-9H2,(H,18,19). The first-order chi connectivity index (χ1) is 9.68. The number of nitrogens with one attached hydrogen (secondary N) is 2. The van der Waals surface area contributed by atoms with Gasteiger partial charge < -0.3 is 15.4 Å². The van der Waals surface area contributed by atoms with Crippen molar-refractivity contribution >= 4 is 33.4 Å². The van der Waals surface area contributed by atoms with Crippen LogP contribution in [0, 0.1) is 0 Å². The van der Waals surface area contributed by atoms with Crippen molar-refractivity contribution in [3.8, 4) is 0 Å². The smallest absolute Gasteiger partial charge is 0.252 e. The number of piperidine rings is 1. The molecule has 2 N–H and O–H groups in total. The lowest BCUT2D eigenvalue weighted by Gasteiger charge is -2.22. The van der Waals surface area contributed by atoms with Gasteiger partial charge in [-0.05, 0) is 54.0 Å². The van der Waals surface area contributed by atoms with Crippen LogP contribution in [0.4, 0.5) is 0 Å². The monoisotopic (exact) mass is 360 g/mol. The van der Waals surface area contributed by atoms with Gasteiger partial charge in [0.2, 0.25) is 0 Å². The molecule has 0 saturated carbocycles. The topological polar surface area (TPSA) is 50.4 Å². The fourth-order valence-electron chi connectivity index (χ4n) is 2.13. The zero-order valence-electron chi connectivity index (χ0n) is 11.1.